The highest BCUT2D eigenvalue weighted by Gasteiger charge is 2.34. The van der Waals surface area contributed by atoms with Crippen LogP contribution in [0, 0.1) is 0 Å². The third-order valence-electron chi connectivity index (χ3n) is 3.50. The highest BCUT2D eigenvalue weighted by atomic mass is 16.4. The van der Waals surface area contributed by atoms with Gasteiger partial charge in [0, 0.05) is 0 Å². The Balaban J connectivity index is 1.77. The molecule has 2 aromatic carbocycles. The SMILES string of the molecule is CC1=NN(c2ccccc2)C(=O)[C@@H]1N=Nc1ccc(C(=O)O)cc1. The summed E-state index contributed by atoms with van der Waals surface area (Å²) in [5, 5.41) is 22.5. The normalized spacial score (nSPS) is 17.4. The van der Waals surface area contributed by atoms with Gasteiger partial charge in [0.25, 0.3) is 5.91 Å². The summed E-state index contributed by atoms with van der Waals surface area (Å²) < 4.78 is 0. The molecule has 0 radical (unpaired) electrons. The van der Waals surface area contributed by atoms with Crippen molar-refractivity contribution in [2.45, 2.75) is 13.0 Å². The van der Waals surface area contributed by atoms with Gasteiger partial charge in [-0.3, -0.25) is 4.79 Å². The van der Waals surface area contributed by atoms with Crippen molar-refractivity contribution >= 4 is 29.0 Å². The monoisotopic (exact) mass is 322 g/mol. The van der Waals surface area contributed by atoms with E-state index in [0.29, 0.717) is 17.1 Å². The van der Waals surface area contributed by atoms with Gasteiger partial charge in [-0.15, -0.1) is 0 Å². The summed E-state index contributed by atoms with van der Waals surface area (Å²) in [6.07, 6.45) is 0. The number of hydrogen-bond donors (Lipinski definition) is 1. The molecule has 1 N–H and O–H groups in total. The van der Waals surface area contributed by atoms with E-state index in [1.165, 1.54) is 29.3 Å². The van der Waals surface area contributed by atoms with Crippen LogP contribution >= 0.6 is 0 Å². The fourth-order valence-electron chi connectivity index (χ4n) is 2.24. The van der Waals surface area contributed by atoms with Crippen molar-refractivity contribution in [1.82, 2.24) is 0 Å². The van der Waals surface area contributed by atoms with Gasteiger partial charge in [0.05, 0.1) is 22.6 Å². The van der Waals surface area contributed by atoms with Gasteiger partial charge in [-0.05, 0) is 43.3 Å². The highest BCUT2D eigenvalue weighted by Crippen LogP contribution is 2.23. The Bertz CT molecular complexity index is 829. The van der Waals surface area contributed by atoms with Crippen LogP contribution in [0.3, 0.4) is 0 Å². The summed E-state index contributed by atoms with van der Waals surface area (Å²) in [6, 6.07) is 14.3. The molecular formula is C17H14N4O3. The number of carbonyl (C=O) groups is 2. The Morgan fingerprint density at radius 3 is 2.42 bits per heavy atom. The predicted octanol–water partition coefficient (Wildman–Crippen LogP) is 3.26. The summed E-state index contributed by atoms with van der Waals surface area (Å²) in [5.41, 5.74) is 1.86. The van der Waals surface area contributed by atoms with E-state index in [9.17, 15) is 9.59 Å². The molecule has 1 aliphatic rings. The average molecular weight is 322 g/mol. The third-order valence-corrected chi connectivity index (χ3v) is 3.50. The quantitative estimate of drug-likeness (QED) is 0.875. The maximum atomic E-state index is 12.5. The second-order valence-electron chi connectivity index (χ2n) is 5.20. The molecule has 0 fully saturated rings. The average Bonchev–Trinajstić information content (AvgIpc) is 2.88. The molecule has 7 heteroatoms. The van der Waals surface area contributed by atoms with Gasteiger partial charge in [-0.25, -0.2) is 4.79 Å². The fraction of sp³-hybridized carbons (Fsp3) is 0.118. The molecule has 7 nitrogen and oxygen atoms in total. The molecule has 0 bridgehead atoms. The summed E-state index contributed by atoms with van der Waals surface area (Å²) in [7, 11) is 0. The molecule has 0 spiro atoms. The number of benzene rings is 2. The molecule has 120 valence electrons. The second kappa shape index (κ2) is 6.41. The number of carbonyl (C=O) groups excluding carboxylic acids is 1. The van der Waals surface area contributed by atoms with Crippen LogP contribution < -0.4 is 5.01 Å². The van der Waals surface area contributed by atoms with Crippen LogP contribution in [-0.2, 0) is 4.79 Å². The molecule has 0 saturated carbocycles. The predicted molar refractivity (Wildman–Crippen MR) is 88.7 cm³/mol. The molecule has 0 aromatic heterocycles. The summed E-state index contributed by atoms with van der Waals surface area (Å²) in [6.45, 7) is 1.72. The van der Waals surface area contributed by atoms with Crippen LogP contribution in [0.4, 0.5) is 11.4 Å². The molecule has 0 saturated heterocycles. The van der Waals surface area contributed by atoms with Gasteiger partial charge in [0.2, 0.25) is 0 Å². The Hall–Kier alpha value is -3.35. The van der Waals surface area contributed by atoms with E-state index < -0.39 is 12.0 Å². The van der Waals surface area contributed by atoms with Gasteiger partial charge in [-0.2, -0.15) is 20.3 Å². The third kappa shape index (κ3) is 3.05. The van der Waals surface area contributed by atoms with Crippen molar-refractivity contribution in [3.8, 4) is 0 Å². The van der Waals surface area contributed by atoms with E-state index in [2.05, 4.69) is 15.3 Å². The molecule has 24 heavy (non-hydrogen) atoms. The number of para-hydroxylation sites is 1. The van der Waals surface area contributed by atoms with E-state index in [-0.39, 0.29) is 11.5 Å². The Morgan fingerprint density at radius 2 is 1.79 bits per heavy atom. The van der Waals surface area contributed by atoms with Crippen molar-refractivity contribution < 1.29 is 14.7 Å². The van der Waals surface area contributed by atoms with Crippen molar-refractivity contribution in [3.05, 3.63) is 60.2 Å². The zero-order valence-electron chi connectivity index (χ0n) is 12.8. The minimum Gasteiger partial charge on any atom is -0.478 e. The topological polar surface area (TPSA) is 94.7 Å². The molecule has 0 unspecified atom stereocenters. The number of hydrogen-bond acceptors (Lipinski definition) is 5. The number of rotatable bonds is 4. The Kier molecular flexibility index (Phi) is 4.15. The molecular weight excluding hydrogens is 308 g/mol. The van der Waals surface area contributed by atoms with Crippen LogP contribution in [0.5, 0.6) is 0 Å². The highest BCUT2D eigenvalue weighted by molar-refractivity contribution is 6.18. The first kappa shape index (κ1) is 15.5. The molecule has 0 aliphatic carbocycles. The number of carboxylic acid groups (broad SMARTS) is 1. The Morgan fingerprint density at radius 1 is 1.12 bits per heavy atom. The molecule has 2 aromatic rings. The van der Waals surface area contributed by atoms with Crippen LogP contribution in [0.15, 0.2) is 69.9 Å². The number of aromatic carboxylic acids is 1. The zero-order chi connectivity index (χ0) is 17.1. The number of hydrazone groups is 1. The van der Waals surface area contributed by atoms with E-state index in [1.807, 2.05) is 18.2 Å². The standard InChI is InChI=1S/C17H14N4O3/c1-11-15(16(22)21(20-11)14-5-3-2-4-6-14)19-18-13-9-7-12(8-10-13)17(23)24/h2-10,15H,1H3,(H,23,24)/t15-/m1/s1. The summed E-state index contributed by atoms with van der Waals surface area (Å²) >= 11 is 0. The first-order valence-corrected chi connectivity index (χ1v) is 7.24. The van der Waals surface area contributed by atoms with Crippen molar-refractivity contribution in [1.29, 1.82) is 0 Å². The lowest BCUT2D eigenvalue weighted by molar-refractivity contribution is -0.117. The van der Waals surface area contributed by atoms with E-state index in [4.69, 9.17) is 5.11 Å². The minimum atomic E-state index is -1.01. The lowest BCUT2D eigenvalue weighted by atomic mass is 10.2. The lowest BCUT2D eigenvalue weighted by Crippen LogP contribution is -2.29. The molecule has 3 rings (SSSR count). The largest absolute Gasteiger partial charge is 0.478 e. The van der Waals surface area contributed by atoms with E-state index >= 15 is 0 Å². The molecule has 1 heterocycles. The number of carboxylic acids is 1. The number of nitrogens with zero attached hydrogens (tertiary/aromatic N) is 4. The second-order valence-corrected chi connectivity index (χ2v) is 5.20. The molecule has 1 amide bonds. The minimum absolute atomic E-state index is 0.166. The number of amides is 1. The Labute approximate surface area is 137 Å². The first-order chi connectivity index (χ1) is 11.6. The van der Waals surface area contributed by atoms with Crippen LogP contribution in [-0.4, -0.2) is 28.7 Å². The maximum absolute atomic E-state index is 12.5. The zero-order valence-corrected chi connectivity index (χ0v) is 12.8. The first-order valence-electron chi connectivity index (χ1n) is 7.24. The van der Waals surface area contributed by atoms with Crippen LogP contribution in [0.2, 0.25) is 0 Å². The molecule has 1 atom stereocenters. The van der Waals surface area contributed by atoms with Gasteiger partial charge in [0.15, 0.2) is 6.04 Å². The maximum Gasteiger partial charge on any atom is 0.335 e. The lowest BCUT2D eigenvalue weighted by Gasteiger charge is -2.11. The van der Waals surface area contributed by atoms with Crippen molar-refractivity contribution in [3.63, 3.8) is 0 Å². The summed E-state index contributed by atoms with van der Waals surface area (Å²) in [4.78, 5) is 23.3. The molecule has 1 aliphatic heterocycles. The summed E-state index contributed by atoms with van der Waals surface area (Å²) in [5.74, 6) is -1.28. The van der Waals surface area contributed by atoms with Gasteiger partial charge in [0.1, 0.15) is 0 Å². The van der Waals surface area contributed by atoms with Crippen LogP contribution in [0.1, 0.15) is 17.3 Å². The van der Waals surface area contributed by atoms with E-state index in [1.54, 1.807) is 19.1 Å². The van der Waals surface area contributed by atoms with Gasteiger partial charge >= 0.3 is 5.97 Å². The van der Waals surface area contributed by atoms with E-state index in [0.717, 1.165) is 0 Å². The van der Waals surface area contributed by atoms with Crippen molar-refractivity contribution in [2.24, 2.45) is 15.3 Å². The fourth-order valence-corrected chi connectivity index (χ4v) is 2.24. The number of anilines is 1. The number of azo groups is 1. The van der Waals surface area contributed by atoms with Crippen LogP contribution in [0.25, 0.3) is 0 Å². The van der Waals surface area contributed by atoms with Gasteiger partial charge in [-0.1, -0.05) is 18.2 Å². The smallest absolute Gasteiger partial charge is 0.335 e. The van der Waals surface area contributed by atoms with Crippen molar-refractivity contribution in [2.75, 3.05) is 5.01 Å². The van der Waals surface area contributed by atoms with Gasteiger partial charge < -0.3 is 5.11 Å².